The van der Waals surface area contributed by atoms with E-state index in [0.29, 0.717) is 6.54 Å². The summed E-state index contributed by atoms with van der Waals surface area (Å²) in [7, 11) is 3.50. The van der Waals surface area contributed by atoms with Crippen LogP contribution in [-0.4, -0.2) is 42.8 Å². The number of aryl methyl sites for hydroxylation is 1. The molecule has 2 heterocycles. The van der Waals surface area contributed by atoms with Crippen molar-refractivity contribution >= 4 is 11.9 Å². The lowest BCUT2D eigenvalue weighted by Crippen LogP contribution is -2.27. The van der Waals surface area contributed by atoms with Crippen molar-refractivity contribution in [3.05, 3.63) is 23.8 Å². The normalized spacial score (nSPS) is 10.5. The second kappa shape index (κ2) is 4.24. The van der Waals surface area contributed by atoms with Crippen LogP contribution in [0.3, 0.4) is 0 Å². The van der Waals surface area contributed by atoms with Gasteiger partial charge in [0.25, 0.3) is 5.91 Å². The molecule has 2 aromatic rings. The summed E-state index contributed by atoms with van der Waals surface area (Å²) in [6, 6.07) is 0. The maximum Gasteiger partial charge on any atom is 0.291 e. The van der Waals surface area contributed by atoms with Gasteiger partial charge in [-0.05, 0) is 0 Å². The molecule has 0 aromatic carbocycles. The predicted octanol–water partition coefficient (Wildman–Crippen LogP) is -0.607. The number of carbonyl (C=O) groups excluding carboxylic acids is 1. The topological polar surface area (TPSA) is 106 Å². The summed E-state index contributed by atoms with van der Waals surface area (Å²) in [6.07, 6.45) is 3.55. The number of amides is 1. The summed E-state index contributed by atoms with van der Waals surface area (Å²) >= 11 is 0. The molecule has 1 amide bonds. The number of aromatic amines is 1. The average Bonchev–Trinajstić information content (AvgIpc) is 2.87. The molecule has 0 spiro atoms. The number of nitrogens with one attached hydrogen (secondary N) is 1. The van der Waals surface area contributed by atoms with Gasteiger partial charge in [-0.3, -0.25) is 14.6 Å². The van der Waals surface area contributed by atoms with Crippen LogP contribution < -0.4 is 5.73 Å². The van der Waals surface area contributed by atoms with Crippen molar-refractivity contribution < 1.29 is 4.79 Å². The molecule has 0 unspecified atom stereocenters. The van der Waals surface area contributed by atoms with E-state index in [1.54, 1.807) is 17.9 Å². The largest absolute Gasteiger partial charge is 0.366 e. The van der Waals surface area contributed by atoms with Crippen molar-refractivity contribution in [3.63, 3.8) is 0 Å². The van der Waals surface area contributed by atoms with Crippen molar-refractivity contribution in [2.45, 2.75) is 6.54 Å². The Hall–Kier alpha value is -2.38. The van der Waals surface area contributed by atoms with Gasteiger partial charge < -0.3 is 10.6 Å². The molecule has 0 saturated carbocycles. The SMILES string of the molecule is CN(Cc1cnn(C)c1)C(=O)c1nc(N)n[nH]1. The Kier molecular flexibility index (Phi) is 2.77. The van der Waals surface area contributed by atoms with Gasteiger partial charge in [0.1, 0.15) is 0 Å². The van der Waals surface area contributed by atoms with Gasteiger partial charge in [-0.2, -0.15) is 10.1 Å². The lowest BCUT2D eigenvalue weighted by molar-refractivity contribution is 0.0773. The van der Waals surface area contributed by atoms with Crippen LogP contribution in [0.15, 0.2) is 12.4 Å². The maximum absolute atomic E-state index is 11.9. The van der Waals surface area contributed by atoms with Crippen LogP contribution in [0, 0.1) is 0 Å². The fraction of sp³-hybridized carbons (Fsp3) is 0.333. The van der Waals surface area contributed by atoms with Crippen LogP contribution in [-0.2, 0) is 13.6 Å². The highest BCUT2D eigenvalue weighted by atomic mass is 16.2. The molecule has 0 aliphatic rings. The molecule has 0 aliphatic heterocycles. The molecule has 90 valence electrons. The number of nitrogens with zero attached hydrogens (tertiary/aromatic N) is 5. The zero-order valence-electron chi connectivity index (χ0n) is 9.58. The zero-order valence-corrected chi connectivity index (χ0v) is 9.58. The summed E-state index contributed by atoms with van der Waals surface area (Å²) in [5, 5.41) is 10.1. The number of rotatable bonds is 3. The monoisotopic (exact) mass is 235 g/mol. The fourth-order valence-corrected chi connectivity index (χ4v) is 1.45. The highest BCUT2D eigenvalue weighted by Crippen LogP contribution is 2.05. The molecule has 0 aliphatic carbocycles. The third-order valence-corrected chi connectivity index (χ3v) is 2.23. The van der Waals surface area contributed by atoms with Gasteiger partial charge in [0.2, 0.25) is 11.8 Å². The predicted molar refractivity (Wildman–Crippen MR) is 59.8 cm³/mol. The van der Waals surface area contributed by atoms with E-state index in [-0.39, 0.29) is 17.7 Å². The van der Waals surface area contributed by atoms with Crippen molar-refractivity contribution in [1.82, 2.24) is 29.9 Å². The van der Waals surface area contributed by atoms with Gasteiger partial charge in [0.15, 0.2) is 0 Å². The summed E-state index contributed by atoms with van der Waals surface area (Å²) in [5.74, 6) is -0.0740. The van der Waals surface area contributed by atoms with Crippen molar-refractivity contribution in [2.24, 2.45) is 7.05 Å². The van der Waals surface area contributed by atoms with Gasteiger partial charge in [-0.1, -0.05) is 0 Å². The number of nitrogen functional groups attached to an aromatic ring is 1. The number of aromatic nitrogens is 5. The first kappa shape index (κ1) is 11.1. The van der Waals surface area contributed by atoms with Gasteiger partial charge >= 0.3 is 0 Å². The van der Waals surface area contributed by atoms with Gasteiger partial charge in [0, 0.05) is 32.4 Å². The Labute approximate surface area is 97.4 Å². The highest BCUT2D eigenvalue weighted by Gasteiger charge is 2.16. The quantitative estimate of drug-likeness (QED) is 0.738. The third-order valence-electron chi connectivity index (χ3n) is 2.23. The van der Waals surface area contributed by atoms with Crippen LogP contribution in [0.5, 0.6) is 0 Å². The summed E-state index contributed by atoms with van der Waals surface area (Å²) in [6.45, 7) is 0.452. The van der Waals surface area contributed by atoms with Crippen LogP contribution in [0.25, 0.3) is 0 Å². The number of hydrogen-bond donors (Lipinski definition) is 2. The number of nitrogens with two attached hydrogens (primary N) is 1. The van der Waals surface area contributed by atoms with Crippen molar-refractivity contribution in [3.8, 4) is 0 Å². The molecular weight excluding hydrogens is 222 g/mol. The Morgan fingerprint density at radius 3 is 2.94 bits per heavy atom. The first-order valence-corrected chi connectivity index (χ1v) is 4.97. The summed E-state index contributed by atoms with van der Waals surface area (Å²) < 4.78 is 1.68. The second-order valence-electron chi connectivity index (χ2n) is 3.73. The van der Waals surface area contributed by atoms with E-state index in [1.807, 2.05) is 13.2 Å². The molecule has 8 heteroatoms. The van der Waals surface area contributed by atoms with E-state index in [0.717, 1.165) is 5.56 Å². The standard InChI is InChI=1S/C9H13N7O/c1-15(4-6-3-11-16(2)5-6)8(17)7-12-9(10)14-13-7/h3,5H,4H2,1-2H3,(H3,10,12,13,14). The lowest BCUT2D eigenvalue weighted by atomic mass is 10.3. The smallest absolute Gasteiger partial charge is 0.291 e. The molecule has 8 nitrogen and oxygen atoms in total. The number of anilines is 1. The van der Waals surface area contributed by atoms with E-state index < -0.39 is 0 Å². The Bertz CT molecular complexity index is 529. The minimum atomic E-state index is -0.266. The van der Waals surface area contributed by atoms with E-state index in [4.69, 9.17) is 5.73 Å². The molecular formula is C9H13N7O. The number of H-pyrrole nitrogens is 1. The van der Waals surface area contributed by atoms with Crippen LogP contribution in [0.4, 0.5) is 5.95 Å². The Morgan fingerprint density at radius 2 is 2.41 bits per heavy atom. The number of hydrogen-bond acceptors (Lipinski definition) is 5. The van der Waals surface area contributed by atoms with Crippen LogP contribution in [0.2, 0.25) is 0 Å². The van der Waals surface area contributed by atoms with E-state index in [1.165, 1.54) is 4.90 Å². The molecule has 0 radical (unpaired) electrons. The van der Waals surface area contributed by atoms with Gasteiger partial charge in [0.05, 0.1) is 6.20 Å². The first-order valence-electron chi connectivity index (χ1n) is 4.97. The van der Waals surface area contributed by atoms with Gasteiger partial charge in [-0.25, -0.2) is 0 Å². The summed E-state index contributed by atoms with van der Waals surface area (Å²) in [5.41, 5.74) is 6.28. The van der Waals surface area contributed by atoms with E-state index in [2.05, 4.69) is 20.3 Å². The molecule has 0 bridgehead atoms. The average molecular weight is 235 g/mol. The minimum absolute atomic E-state index is 0.0585. The van der Waals surface area contributed by atoms with Crippen LogP contribution >= 0.6 is 0 Å². The molecule has 0 fully saturated rings. The fourth-order valence-electron chi connectivity index (χ4n) is 1.45. The Balaban J connectivity index is 2.05. The molecule has 17 heavy (non-hydrogen) atoms. The second-order valence-corrected chi connectivity index (χ2v) is 3.73. The molecule has 2 aromatic heterocycles. The molecule has 3 N–H and O–H groups in total. The molecule has 0 atom stereocenters. The van der Waals surface area contributed by atoms with Crippen molar-refractivity contribution in [2.75, 3.05) is 12.8 Å². The van der Waals surface area contributed by atoms with E-state index >= 15 is 0 Å². The Morgan fingerprint density at radius 1 is 1.65 bits per heavy atom. The van der Waals surface area contributed by atoms with Gasteiger partial charge in [-0.15, -0.1) is 5.10 Å². The van der Waals surface area contributed by atoms with Crippen LogP contribution in [0.1, 0.15) is 16.2 Å². The minimum Gasteiger partial charge on any atom is -0.366 e. The lowest BCUT2D eigenvalue weighted by Gasteiger charge is -2.13. The van der Waals surface area contributed by atoms with E-state index in [9.17, 15) is 4.79 Å². The molecule has 2 rings (SSSR count). The zero-order chi connectivity index (χ0) is 12.4. The van der Waals surface area contributed by atoms with Crippen molar-refractivity contribution in [1.29, 1.82) is 0 Å². The number of carbonyl (C=O) groups is 1. The maximum atomic E-state index is 11.9. The third kappa shape index (κ3) is 2.41. The first-order chi connectivity index (χ1) is 8.06. The molecule has 0 saturated heterocycles. The highest BCUT2D eigenvalue weighted by molar-refractivity contribution is 5.90. The summed E-state index contributed by atoms with van der Waals surface area (Å²) in [4.78, 5) is 17.2.